The molecular weight excluding hydrogens is 597 g/mol. The smallest absolute Gasteiger partial charge is 0.258 e. The Morgan fingerprint density at radius 3 is 2.77 bits per heavy atom. The van der Waals surface area contributed by atoms with Crippen LogP contribution in [0.5, 0.6) is 0 Å². The van der Waals surface area contributed by atoms with E-state index in [4.69, 9.17) is 0 Å². The molecule has 11 nitrogen and oxygen atoms in total. The number of anilines is 3. The summed E-state index contributed by atoms with van der Waals surface area (Å²) < 4.78 is 17.1. The van der Waals surface area contributed by atoms with E-state index in [2.05, 4.69) is 49.0 Å². The van der Waals surface area contributed by atoms with Gasteiger partial charge >= 0.3 is 0 Å². The Labute approximate surface area is 270 Å². The molecule has 0 saturated carbocycles. The van der Waals surface area contributed by atoms with E-state index in [0.29, 0.717) is 53.4 Å². The zero-order chi connectivity index (χ0) is 33.1. The normalized spacial score (nSPS) is 13.4. The fourth-order valence-electron chi connectivity index (χ4n) is 5.35. The number of aromatic nitrogens is 4. The number of H-pyrrole nitrogens is 1. The molecule has 1 aliphatic rings. The Balaban J connectivity index is 1.27. The van der Waals surface area contributed by atoms with Crippen molar-refractivity contribution in [3.63, 3.8) is 0 Å². The molecule has 12 heteroatoms. The second kappa shape index (κ2) is 12.8. The van der Waals surface area contributed by atoms with Crippen LogP contribution in [0.25, 0.3) is 5.65 Å². The number of nitriles is 1. The summed E-state index contributed by atoms with van der Waals surface area (Å²) in [5.74, 6) is 4.82. The van der Waals surface area contributed by atoms with Gasteiger partial charge in [-0.1, -0.05) is 12.0 Å². The lowest BCUT2D eigenvalue weighted by atomic mass is 9.85. The van der Waals surface area contributed by atoms with Crippen LogP contribution in [0.4, 0.5) is 21.5 Å². The molecule has 0 spiro atoms. The average Bonchev–Trinajstić information content (AvgIpc) is 3.71. The lowest BCUT2D eigenvalue weighted by Gasteiger charge is -2.27. The van der Waals surface area contributed by atoms with Crippen molar-refractivity contribution in [3.8, 4) is 17.9 Å². The molecule has 2 amide bonds. The van der Waals surface area contributed by atoms with Crippen molar-refractivity contribution in [3.05, 3.63) is 107 Å². The van der Waals surface area contributed by atoms with Gasteiger partial charge in [0.25, 0.3) is 5.91 Å². The maximum atomic E-state index is 15.2. The Kier molecular flexibility index (Phi) is 8.44. The highest BCUT2D eigenvalue weighted by Gasteiger charge is 2.24. The number of carbonyl (C=O) groups excluding carboxylic acids is 2. The van der Waals surface area contributed by atoms with Gasteiger partial charge in [-0.05, 0) is 79.8 Å². The molecule has 4 heterocycles. The number of benzene rings is 2. The number of halogens is 1. The predicted molar refractivity (Wildman–Crippen MR) is 176 cm³/mol. The zero-order valence-electron chi connectivity index (χ0n) is 26.1. The molecule has 0 aliphatic carbocycles. The molecule has 5 aromatic rings. The van der Waals surface area contributed by atoms with Crippen molar-refractivity contribution in [1.29, 1.82) is 5.26 Å². The van der Waals surface area contributed by atoms with Crippen LogP contribution >= 0.6 is 0 Å². The van der Waals surface area contributed by atoms with E-state index in [1.807, 2.05) is 33.7 Å². The number of aryl methyl sites for hydroxylation is 1. The molecule has 236 valence electrons. The van der Waals surface area contributed by atoms with Crippen LogP contribution in [-0.2, 0) is 16.8 Å². The molecule has 1 fully saturated rings. The van der Waals surface area contributed by atoms with Gasteiger partial charge in [-0.25, -0.2) is 9.37 Å². The first-order valence-electron chi connectivity index (χ1n) is 15.0. The number of fused-ring (bicyclic) bond motifs is 1. The molecule has 0 bridgehead atoms. The summed E-state index contributed by atoms with van der Waals surface area (Å²) in [5.41, 5.74) is 4.83. The average molecular weight is 630 g/mol. The Morgan fingerprint density at radius 1 is 1.15 bits per heavy atom. The van der Waals surface area contributed by atoms with Gasteiger partial charge in [0.2, 0.25) is 5.91 Å². The molecule has 0 atom stereocenters. The largest absolute Gasteiger partial charge is 0.354 e. The third-order valence-electron chi connectivity index (χ3n) is 7.97. The minimum absolute atomic E-state index is 0.0550. The number of carbonyl (C=O) groups is 2. The highest BCUT2D eigenvalue weighted by atomic mass is 19.1. The number of hydrogen-bond acceptors (Lipinski definition) is 7. The maximum absolute atomic E-state index is 15.2. The van der Waals surface area contributed by atoms with Crippen molar-refractivity contribution in [2.24, 2.45) is 0 Å². The van der Waals surface area contributed by atoms with Crippen molar-refractivity contribution in [2.45, 2.75) is 32.7 Å². The summed E-state index contributed by atoms with van der Waals surface area (Å²) >= 11 is 0. The minimum atomic E-state index is -0.847. The highest BCUT2D eigenvalue weighted by molar-refractivity contribution is 6.05. The number of amides is 2. The number of pyridine rings is 1. The Hall–Kier alpha value is -5.98. The van der Waals surface area contributed by atoms with Gasteiger partial charge in [0, 0.05) is 43.3 Å². The van der Waals surface area contributed by atoms with E-state index in [0.717, 1.165) is 16.9 Å². The quantitative estimate of drug-likeness (QED) is 0.192. The fourth-order valence-corrected chi connectivity index (χ4v) is 5.35. The molecule has 0 unspecified atom stereocenters. The van der Waals surface area contributed by atoms with Gasteiger partial charge in [0.15, 0.2) is 5.65 Å². The fraction of sp³-hybridized carbons (Fsp3) is 0.229. The summed E-state index contributed by atoms with van der Waals surface area (Å²) in [7, 11) is 0. The van der Waals surface area contributed by atoms with Crippen LogP contribution in [0.1, 0.15) is 52.2 Å². The van der Waals surface area contributed by atoms with Crippen LogP contribution in [0.2, 0.25) is 0 Å². The van der Waals surface area contributed by atoms with Crippen molar-refractivity contribution in [2.75, 3.05) is 30.3 Å². The second-order valence-corrected chi connectivity index (χ2v) is 11.9. The molecule has 0 radical (unpaired) electrons. The van der Waals surface area contributed by atoms with Gasteiger partial charge in [0.05, 0.1) is 47.4 Å². The van der Waals surface area contributed by atoms with E-state index < -0.39 is 17.1 Å². The Bertz CT molecular complexity index is 2100. The first-order valence-corrected chi connectivity index (χ1v) is 15.0. The van der Waals surface area contributed by atoms with E-state index in [9.17, 15) is 14.9 Å². The molecule has 3 aromatic heterocycles. The number of hydrogen-bond donors (Lipinski definition) is 4. The maximum Gasteiger partial charge on any atom is 0.258 e. The van der Waals surface area contributed by atoms with Crippen LogP contribution in [0, 0.1) is 35.9 Å². The monoisotopic (exact) mass is 629 g/mol. The minimum Gasteiger partial charge on any atom is -0.354 e. The summed E-state index contributed by atoms with van der Waals surface area (Å²) in [6.07, 6.45) is 6.90. The van der Waals surface area contributed by atoms with E-state index >= 15 is 4.39 Å². The van der Waals surface area contributed by atoms with Crippen molar-refractivity contribution < 1.29 is 14.0 Å². The third-order valence-corrected chi connectivity index (χ3v) is 7.97. The second-order valence-electron chi connectivity index (χ2n) is 11.9. The third kappa shape index (κ3) is 6.83. The lowest BCUT2D eigenvalue weighted by Crippen LogP contribution is -2.47. The molecule has 47 heavy (non-hydrogen) atoms. The topological polar surface area (TPSA) is 143 Å². The number of aromatic amines is 1. The first kappa shape index (κ1) is 31.0. The molecule has 1 saturated heterocycles. The summed E-state index contributed by atoms with van der Waals surface area (Å²) in [6.45, 7) is 7.24. The van der Waals surface area contributed by atoms with Gasteiger partial charge < -0.3 is 16.0 Å². The van der Waals surface area contributed by atoms with E-state index in [1.54, 1.807) is 51.5 Å². The molecule has 2 aromatic carbocycles. The predicted octanol–water partition coefficient (Wildman–Crippen LogP) is 4.63. The van der Waals surface area contributed by atoms with Gasteiger partial charge in [0.1, 0.15) is 11.5 Å². The van der Waals surface area contributed by atoms with E-state index in [1.165, 1.54) is 12.1 Å². The number of rotatable bonds is 7. The SMILES string of the molecule is Cc1cc(F)c(C(=O)Nc2cc(CN3CCNC(=O)C3)cc(C(C)(C)C#N)c2)cc1C#Cc1cnc2c(Nc3cn[nH]c3)cccn12. The summed E-state index contributed by atoms with van der Waals surface area (Å²) in [4.78, 5) is 31.9. The molecule has 4 N–H and O–H groups in total. The summed E-state index contributed by atoms with van der Waals surface area (Å²) in [5, 5.41) is 25.4. The van der Waals surface area contributed by atoms with Crippen LogP contribution < -0.4 is 16.0 Å². The number of nitrogens with one attached hydrogen (secondary N) is 4. The lowest BCUT2D eigenvalue weighted by molar-refractivity contribution is -0.124. The summed E-state index contributed by atoms with van der Waals surface area (Å²) in [6, 6.07) is 14.2. The molecular formula is C35H32FN9O2. The van der Waals surface area contributed by atoms with Crippen molar-refractivity contribution in [1.82, 2.24) is 29.8 Å². The van der Waals surface area contributed by atoms with E-state index in [-0.39, 0.29) is 18.0 Å². The number of imidazole rings is 1. The van der Waals surface area contributed by atoms with Crippen LogP contribution in [0.15, 0.2) is 67.3 Å². The Morgan fingerprint density at radius 2 is 2.00 bits per heavy atom. The molecule has 6 rings (SSSR count). The standard InChI is InChI=1S/C35H32FN9O2/c1-22-11-30(36)29(14-24(22)6-7-28-18-39-33-31(5-4-9-45(28)33)42-27-16-40-41-17-27)34(47)43-26-13-23(12-25(15-26)35(2,3)21-37)19-44-10-8-38-32(46)20-44/h4-5,9,11-18,42H,8,10,19-20H2,1-3H3,(H,38,46)(H,40,41)(H,43,47). The van der Waals surface area contributed by atoms with Gasteiger partial charge in [-0.15, -0.1) is 0 Å². The molecule has 1 aliphatic heterocycles. The number of piperazine rings is 1. The van der Waals surface area contributed by atoms with Gasteiger partial charge in [-0.3, -0.25) is 24.0 Å². The van der Waals surface area contributed by atoms with Crippen LogP contribution in [-0.4, -0.2) is 55.9 Å². The first-order chi connectivity index (χ1) is 22.6. The zero-order valence-corrected chi connectivity index (χ0v) is 26.1. The highest BCUT2D eigenvalue weighted by Crippen LogP contribution is 2.28. The van der Waals surface area contributed by atoms with Crippen LogP contribution in [0.3, 0.4) is 0 Å². The number of nitrogens with zero attached hydrogens (tertiary/aromatic N) is 5. The van der Waals surface area contributed by atoms with Crippen molar-refractivity contribution >= 4 is 34.5 Å². The van der Waals surface area contributed by atoms with Gasteiger partial charge in [-0.2, -0.15) is 10.4 Å².